The maximum Gasteiger partial charge on any atom is 0.335 e. The molecule has 4 bridgehead atoms. The molecular formula is C18H32N2O6. The van der Waals surface area contributed by atoms with Gasteiger partial charge in [0.2, 0.25) is 0 Å². The molecule has 6 aliphatic rings. The molecule has 2 atom stereocenters. The van der Waals surface area contributed by atoms with E-state index in [1.54, 1.807) is 0 Å². The molecule has 6 saturated heterocycles. The monoisotopic (exact) mass is 372 g/mol. The third-order valence-electron chi connectivity index (χ3n) is 5.93. The van der Waals surface area contributed by atoms with Crippen LogP contribution >= 0.6 is 0 Å². The summed E-state index contributed by atoms with van der Waals surface area (Å²) in [5.41, 5.74) is 0. The van der Waals surface area contributed by atoms with E-state index in [4.69, 9.17) is 20.4 Å². The van der Waals surface area contributed by atoms with Crippen LogP contribution in [0.15, 0.2) is 0 Å². The van der Waals surface area contributed by atoms with Gasteiger partial charge in [-0.05, 0) is 89.6 Å². The maximum absolute atomic E-state index is 9.77. The van der Waals surface area contributed by atoms with E-state index < -0.39 is 24.1 Å². The van der Waals surface area contributed by atoms with Gasteiger partial charge in [0.15, 0.2) is 12.2 Å². The lowest BCUT2D eigenvalue weighted by atomic mass is 9.89. The quantitative estimate of drug-likeness (QED) is 0.550. The zero-order valence-electron chi connectivity index (χ0n) is 15.3. The van der Waals surface area contributed by atoms with Crippen molar-refractivity contribution in [2.24, 2.45) is 11.8 Å². The largest absolute Gasteiger partial charge is 0.479 e. The van der Waals surface area contributed by atoms with Crippen molar-refractivity contribution in [2.75, 3.05) is 39.3 Å². The first-order chi connectivity index (χ1) is 12.4. The Morgan fingerprint density at radius 3 is 0.923 bits per heavy atom. The number of hydrogen-bond acceptors (Lipinski definition) is 6. The van der Waals surface area contributed by atoms with Gasteiger partial charge in [-0.3, -0.25) is 0 Å². The highest BCUT2D eigenvalue weighted by Gasteiger charge is 2.29. The van der Waals surface area contributed by atoms with Crippen molar-refractivity contribution >= 4 is 11.9 Å². The minimum Gasteiger partial charge on any atom is -0.479 e. The van der Waals surface area contributed by atoms with Crippen molar-refractivity contribution in [3.8, 4) is 0 Å². The highest BCUT2D eigenvalue weighted by Crippen LogP contribution is 2.26. The van der Waals surface area contributed by atoms with E-state index >= 15 is 0 Å². The van der Waals surface area contributed by atoms with Crippen molar-refractivity contribution < 1.29 is 30.0 Å². The van der Waals surface area contributed by atoms with Crippen molar-refractivity contribution in [1.29, 1.82) is 0 Å². The van der Waals surface area contributed by atoms with Crippen molar-refractivity contribution in [2.45, 2.75) is 50.7 Å². The van der Waals surface area contributed by atoms with Gasteiger partial charge in [-0.25, -0.2) is 9.59 Å². The highest BCUT2D eigenvalue weighted by atomic mass is 16.4. The van der Waals surface area contributed by atoms with Crippen LogP contribution in [0.5, 0.6) is 0 Å². The Morgan fingerprint density at radius 1 is 0.615 bits per heavy atom. The predicted molar refractivity (Wildman–Crippen MR) is 94.8 cm³/mol. The Balaban J connectivity index is 0.000000141. The molecule has 0 aromatic rings. The van der Waals surface area contributed by atoms with Crippen LogP contribution in [-0.2, 0) is 9.59 Å². The standard InChI is InChI=1S/2C7H13N.C4H6O6/c2*1-4-8-5-2-7(1)3-6-8;5-1(3(7)8)2(6)4(9)10/h2*7H,1-6H2;1-2,5-6H,(H,7,8)(H,9,10). The van der Waals surface area contributed by atoms with Gasteiger partial charge in [-0.2, -0.15) is 0 Å². The predicted octanol–water partition coefficient (Wildman–Crippen LogP) is 0.0816. The molecule has 2 unspecified atom stereocenters. The lowest BCUT2D eigenvalue weighted by molar-refractivity contribution is -0.165. The number of carbonyl (C=O) groups is 2. The second-order valence-corrected chi connectivity index (χ2v) is 7.71. The molecule has 0 saturated carbocycles. The van der Waals surface area contributed by atoms with Gasteiger partial charge in [0.05, 0.1) is 0 Å². The van der Waals surface area contributed by atoms with E-state index in [2.05, 4.69) is 9.80 Å². The SMILES string of the molecule is C1CN2CCC1CC2.C1CN2CCC1CC2.O=C(O)C(O)C(O)C(=O)O. The number of hydrogen-bond donors (Lipinski definition) is 4. The van der Waals surface area contributed by atoms with E-state index in [0.29, 0.717) is 0 Å². The number of fused-ring (bicyclic) bond motifs is 6. The summed E-state index contributed by atoms with van der Waals surface area (Å²) in [6.07, 6.45) is 4.38. The van der Waals surface area contributed by atoms with Crippen LogP contribution in [0.4, 0.5) is 0 Å². The first-order valence-corrected chi connectivity index (χ1v) is 9.63. The van der Waals surface area contributed by atoms with Gasteiger partial charge in [0, 0.05) is 0 Å². The van der Waals surface area contributed by atoms with Crippen molar-refractivity contribution in [3.05, 3.63) is 0 Å². The number of carboxylic acids is 2. The van der Waals surface area contributed by atoms with Gasteiger partial charge in [-0.1, -0.05) is 0 Å². The number of aliphatic carboxylic acids is 2. The van der Waals surface area contributed by atoms with Crippen LogP contribution in [0.2, 0.25) is 0 Å². The molecule has 0 aromatic heterocycles. The number of aliphatic hydroxyl groups excluding tert-OH is 2. The molecule has 6 aliphatic heterocycles. The number of piperidine rings is 6. The number of aliphatic hydroxyl groups is 2. The zero-order valence-corrected chi connectivity index (χ0v) is 15.3. The first kappa shape index (κ1) is 21.1. The zero-order chi connectivity index (χ0) is 19.1. The summed E-state index contributed by atoms with van der Waals surface area (Å²) >= 11 is 0. The minimum absolute atomic E-state index is 1.11. The molecule has 0 radical (unpaired) electrons. The molecule has 0 spiro atoms. The molecule has 8 heteroatoms. The van der Waals surface area contributed by atoms with Gasteiger partial charge < -0.3 is 30.2 Å². The van der Waals surface area contributed by atoms with Crippen LogP contribution in [0.1, 0.15) is 38.5 Å². The third-order valence-corrected chi connectivity index (χ3v) is 5.93. The van der Waals surface area contributed by atoms with E-state index in [1.807, 2.05) is 0 Å². The summed E-state index contributed by atoms with van der Waals surface area (Å²) < 4.78 is 0. The van der Waals surface area contributed by atoms with Crippen LogP contribution in [0, 0.1) is 11.8 Å². The van der Waals surface area contributed by atoms with E-state index in [-0.39, 0.29) is 0 Å². The summed E-state index contributed by atoms with van der Waals surface area (Å²) in [6, 6.07) is 0. The molecule has 6 heterocycles. The topological polar surface area (TPSA) is 122 Å². The van der Waals surface area contributed by atoms with Crippen LogP contribution < -0.4 is 0 Å². The molecule has 0 amide bonds. The Bertz CT molecular complexity index is 371. The van der Waals surface area contributed by atoms with E-state index in [0.717, 1.165) is 11.8 Å². The lowest BCUT2D eigenvalue weighted by Gasteiger charge is -2.38. The molecule has 4 N–H and O–H groups in total. The van der Waals surface area contributed by atoms with E-state index in [1.165, 1.54) is 77.8 Å². The molecule has 0 aromatic carbocycles. The summed E-state index contributed by atoms with van der Waals surface area (Å²) in [6.45, 7) is 8.36. The first-order valence-electron chi connectivity index (χ1n) is 9.63. The molecule has 6 fully saturated rings. The maximum atomic E-state index is 9.77. The number of rotatable bonds is 3. The minimum atomic E-state index is -2.27. The van der Waals surface area contributed by atoms with Crippen LogP contribution in [-0.4, -0.2) is 93.6 Å². The van der Waals surface area contributed by atoms with Gasteiger partial charge in [-0.15, -0.1) is 0 Å². The fourth-order valence-electron chi connectivity index (χ4n) is 4.00. The van der Waals surface area contributed by atoms with Gasteiger partial charge in [0.1, 0.15) is 0 Å². The van der Waals surface area contributed by atoms with E-state index in [9.17, 15) is 9.59 Å². The number of nitrogens with zero attached hydrogens (tertiary/aromatic N) is 2. The van der Waals surface area contributed by atoms with Crippen molar-refractivity contribution in [3.63, 3.8) is 0 Å². The summed E-state index contributed by atoms with van der Waals surface area (Å²) in [5, 5.41) is 32.5. The Morgan fingerprint density at radius 2 is 0.846 bits per heavy atom. The Labute approximate surface area is 154 Å². The molecule has 0 aliphatic carbocycles. The average molecular weight is 372 g/mol. The average Bonchev–Trinajstić information content (AvgIpc) is 2.70. The fraction of sp³-hybridized carbons (Fsp3) is 0.889. The summed E-state index contributed by atoms with van der Waals surface area (Å²) in [4.78, 5) is 24.7. The molecular weight excluding hydrogens is 340 g/mol. The Hall–Kier alpha value is -1.22. The highest BCUT2D eigenvalue weighted by molar-refractivity contribution is 5.83. The lowest BCUT2D eigenvalue weighted by Crippen LogP contribution is -2.41. The van der Waals surface area contributed by atoms with Gasteiger partial charge >= 0.3 is 11.9 Å². The smallest absolute Gasteiger partial charge is 0.335 e. The van der Waals surface area contributed by atoms with Crippen LogP contribution in [0.25, 0.3) is 0 Å². The third kappa shape index (κ3) is 6.50. The fourth-order valence-corrected chi connectivity index (χ4v) is 4.00. The second kappa shape index (κ2) is 10.2. The second-order valence-electron chi connectivity index (χ2n) is 7.71. The molecule has 8 nitrogen and oxygen atoms in total. The molecule has 6 rings (SSSR count). The molecule has 26 heavy (non-hydrogen) atoms. The normalized spacial score (nSPS) is 33.8. The van der Waals surface area contributed by atoms with Gasteiger partial charge in [0.25, 0.3) is 0 Å². The molecule has 150 valence electrons. The Kier molecular flexibility index (Phi) is 8.27. The summed E-state index contributed by atoms with van der Waals surface area (Å²) in [5.74, 6) is -1.31. The van der Waals surface area contributed by atoms with Crippen molar-refractivity contribution in [1.82, 2.24) is 9.80 Å². The number of carboxylic acid groups (broad SMARTS) is 2. The summed E-state index contributed by atoms with van der Waals surface area (Å²) in [7, 11) is 0. The van der Waals surface area contributed by atoms with Crippen LogP contribution in [0.3, 0.4) is 0 Å².